The number of nitrogens with two attached hydrogens (primary N) is 1. The van der Waals surface area contributed by atoms with Crippen molar-refractivity contribution < 1.29 is 13.9 Å². The first kappa shape index (κ1) is 14.8. The monoisotopic (exact) mass is 289 g/mol. The second kappa shape index (κ2) is 6.21. The fourth-order valence-corrected chi connectivity index (χ4v) is 1.79. The SMILES string of the molecule is CCOC(=O)c1cc(Nc2cc(C)ccc2F)ncc1N. The van der Waals surface area contributed by atoms with Gasteiger partial charge in [-0.2, -0.15) is 0 Å². The largest absolute Gasteiger partial charge is 0.462 e. The molecule has 21 heavy (non-hydrogen) atoms. The highest BCUT2D eigenvalue weighted by Gasteiger charge is 2.13. The van der Waals surface area contributed by atoms with Gasteiger partial charge in [-0.15, -0.1) is 0 Å². The van der Waals surface area contributed by atoms with Crippen LogP contribution in [0.25, 0.3) is 0 Å². The minimum absolute atomic E-state index is 0.197. The van der Waals surface area contributed by atoms with Crippen molar-refractivity contribution in [1.29, 1.82) is 0 Å². The lowest BCUT2D eigenvalue weighted by Crippen LogP contribution is -2.09. The molecule has 0 bridgehead atoms. The summed E-state index contributed by atoms with van der Waals surface area (Å²) in [6, 6.07) is 6.12. The Hall–Kier alpha value is -2.63. The number of rotatable bonds is 4. The van der Waals surface area contributed by atoms with Crippen LogP contribution in [0.4, 0.5) is 21.6 Å². The smallest absolute Gasteiger partial charge is 0.340 e. The number of anilines is 3. The first-order valence-electron chi connectivity index (χ1n) is 6.47. The average Bonchev–Trinajstić information content (AvgIpc) is 2.45. The van der Waals surface area contributed by atoms with Gasteiger partial charge in [0.15, 0.2) is 0 Å². The fourth-order valence-electron chi connectivity index (χ4n) is 1.79. The molecule has 3 N–H and O–H groups in total. The summed E-state index contributed by atoms with van der Waals surface area (Å²) in [6.45, 7) is 3.80. The maximum atomic E-state index is 13.7. The number of pyridine rings is 1. The maximum absolute atomic E-state index is 13.7. The van der Waals surface area contributed by atoms with E-state index in [1.165, 1.54) is 18.3 Å². The quantitative estimate of drug-likeness (QED) is 0.846. The zero-order valence-electron chi connectivity index (χ0n) is 11.8. The van der Waals surface area contributed by atoms with Crippen LogP contribution in [0, 0.1) is 12.7 Å². The number of nitrogens with zero attached hydrogens (tertiary/aromatic N) is 1. The Balaban J connectivity index is 2.31. The van der Waals surface area contributed by atoms with Crippen LogP contribution in [-0.4, -0.2) is 17.6 Å². The number of hydrogen-bond donors (Lipinski definition) is 2. The van der Waals surface area contributed by atoms with Crippen molar-refractivity contribution in [3.05, 3.63) is 47.4 Å². The molecule has 1 heterocycles. The second-order valence-electron chi connectivity index (χ2n) is 4.49. The van der Waals surface area contributed by atoms with E-state index < -0.39 is 11.8 Å². The van der Waals surface area contributed by atoms with Crippen LogP contribution < -0.4 is 11.1 Å². The third-order valence-corrected chi connectivity index (χ3v) is 2.81. The molecule has 0 unspecified atom stereocenters. The normalized spacial score (nSPS) is 10.2. The van der Waals surface area contributed by atoms with Gasteiger partial charge in [0.2, 0.25) is 0 Å². The zero-order valence-corrected chi connectivity index (χ0v) is 11.8. The van der Waals surface area contributed by atoms with E-state index in [4.69, 9.17) is 10.5 Å². The number of aromatic nitrogens is 1. The molecule has 2 aromatic rings. The summed E-state index contributed by atoms with van der Waals surface area (Å²) in [5, 5.41) is 2.83. The summed E-state index contributed by atoms with van der Waals surface area (Å²) >= 11 is 0. The lowest BCUT2D eigenvalue weighted by Gasteiger charge is -2.10. The molecule has 1 aromatic carbocycles. The highest BCUT2D eigenvalue weighted by Crippen LogP contribution is 2.22. The van der Waals surface area contributed by atoms with Crippen LogP contribution in [0.3, 0.4) is 0 Å². The molecule has 0 spiro atoms. The third kappa shape index (κ3) is 3.47. The van der Waals surface area contributed by atoms with E-state index in [0.717, 1.165) is 5.56 Å². The number of esters is 1. The lowest BCUT2D eigenvalue weighted by molar-refractivity contribution is 0.0527. The van der Waals surface area contributed by atoms with E-state index in [0.29, 0.717) is 5.82 Å². The van der Waals surface area contributed by atoms with E-state index in [-0.39, 0.29) is 23.5 Å². The van der Waals surface area contributed by atoms with E-state index in [1.54, 1.807) is 19.1 Å². The van der Waals surface area contributed by atoms with Gasteiger partial charge in [-0.1, -0.05) is 6.07 Å². The third-order valence-electron chi connectivity index (χ3n) is 2.81. The summed E-state index contributed by atoms with van der Waals surface area (Å²) in [6.07, 6.45) is 1.34. The predicted octanol–water partition coefficient (Wildman–Crippen LogP) is 3.03. The Kier molecular flexibility index (Phi) is 4.37. The van der Waals surface area contributed by atoms with Gasteiger partial charge in [0.25, 0.3) is 0 Å². The molecule has 0 atom stereocenters. The van der Waals surface area contributed by atoms with Gasteiger partial charge in [-0.3, -0.25) is 0 Å². The number of aryl methyl sites for hydroxylation is 1. The van der Waals surface area contributed by atoms with Gasteiger partial charge in [0, 0.05) is 0 Å². The van der Waals surface area contributed by atoms with Crippen molar-refractivity contribution in [2.24, 2.45) is 0 Å². The van der Waals surface area contributed by atoms with Crippen LogP contribution in [-0.2, 0) is 4.74 Å². The summed E-state index contributed by atoms with van der Waals surface area (Å²) in [5.74, 6) is -0.626. The predicted molar refractivity (Wildman–Crippen MR) is 79.0 cm³/mol. The van der Waals surface area contributed by atoms with Crippen molar-refractivity contribution >= 4 is 23.2 Å². The van der Waals surface area contributed by atoms with E-state index in [9.17, 15) is 9.18 Å². The van der Waals surface area contributed by atoms with Crippen molar-refractivity contribution in [3.63, 3.8) is 0 Å². The molecule has 0 radical (unpaired) electrons. The number of benzene rings is 1. The topological polar surface area (TPSA) is 77.2 Å². The minimum Gasteiger partial charge on any atom is -0.462 e. The highest BCUT2D eigenvalue weighted by molar-refractivity contribution is 5.95. The molecule has 1 aromatic heterocycles. The van der Waals surface area contributed by atoms with Gasteiger partial charge < -0.3 is 15.8 Å². The van der Waals surface area contributed by atoms with Gasteiger partial charge in [-0.25, -0.2) is 14.2 Å². The van der Waals surface area contributed by atoms with E-state index >= 15 is 0 Å². The van der Waals surface area contributed by atoms with Crippen molar-refractivity contribution in [1.82, 2.24) is 4.98 Å². The number of carbonyl (C=O) groups is 1. The molecule has 0 aliphatic rings. The molecule has 0 aliphatic carbocycles. The fraction of sp³-hybridized carbons (Fsp3) is 0.200. The first-order valence-corrected chi connectivity index (χ1v) is 6.47. The van der Waals surface area contributed by atoms with Crippen molar-refractivity contribution in [3.8, 4) is 0 Å². The van der Waals surface area contributed by atoms with E-state index in [1.807, 2.05) is 6.92 Å². The maximum Gasteiger partial charge on any atom is 0.340 e. The Labute approximate surface area is 121 Å². The Bertz CT molecular complexity index is 674. The average molecular weight is 289 g/mol. The van der Waals surface area contributed by atoms with Gasteiger partial charge in [0.05, 0.1) is 29.7 Å². The molecule has 0 aliphatic heterocycles. The number of halogens is 1. The van der Waals surface area contributed by atoms with E-state index in [2.05, 4.69) is 10.3 Å². The molecular formula is C15H16FN3O2. The number of carbonyl (C=O) groups excluding carboxylic acids is 1. The molecule has 0 saturated heterocycles. The van der Waals surface area contributed by atoms with Crippen molar-refractivity contribution in [2.75, 3.05) is 17.7 Å². The second-order valence-corrected chi connectivity index (χ2v) is 4.49. The molecule has 0 saturated carbocycles. The molecule has 0 amide bonds. The Morgan fingerprint density at radius 2 is 2.19 bits per heavy atom. The molecular weight excluding hydrogens is 273 g/mol. The molecule has 6 heteroatoms. The van der Waals surface area contributed by atoms with Crippen LogP contribution in [0.1, 0.15) is 22.8 Å². The van der Waals surface area contributed by atoms with Crippen molar-refractivity contribution in [2.45, 2.75) is 13.8 Å². The molecule has 110 valence electrons. The molecule has 2 rings (SSSR count). The minimum atomic E-state index is -0.537. The van der Waals surface area contributed by atoms with Crippen LogP contribution in [0.5, 0.6) is 0 Å². The highest BCUT2D eigenvalue weighted by atomic mass is 19.1. The summed E-state index contributed by atoms with van der Waals surface area (Å²) in [5.41, 5.74) is 7.29. The summed E-state index contributed by atoms with van der Waals surface area (Å²) in [4.78, 5) is 15.8. The zero-order chi connectivity index (χ0) is 15.4. The van der Waals surface area contributed by atoms with Gasteiger partial charge in [0.1, 0.15) is 11.6 Å². The molecule has 5 nitrogen and oxygen atoms in total. The first-order chi connectivity index (χ1) is 10.0. The van der Waals surface area contributed by atoms with Crippen LogP contribution in [0.15, 0.2) is 30.5 Å². The van der Waals surface area contributed by atoms with Crippen LogP contribution >= 0.6 is 0 Å². The van der Waals surface area contributed by atoms with Crippen LogP contribution in [0.2, 0.25) is 0 Å². The van der Waals surface area contributed by atoms with Gasteiger partial charge in [-0.05, 0) is 37.6 Å². The number of ether oxygens (including phenoxy) is 1. The Morgan fingerprint density at radius 1 is 1.43 bits per heavy atom. The summed E-state index contributed by atoms with van der Waals surface area (Å²) in [7, 11) is 0. The van der Waals surface area contributed by atoms with Gasteiger partial charge >= 0.3 is 5.97 Å². The summed E-state index contributed by atoms with van der Waals surface area (Å²) < 4.78 is 18.6. The Morgan fingerprint density at radius 3 is 2.90 bits per heavy atom. The number of nitrogen functional groups attached to an aromatic ring is 1. The standard InChI is InChI=1S/C15H16FN3O2/c1-3-21-15(20)10-7-14(18-8-12(10)17)19-13-6-9(2)4-5-11(13)16/h4-8H,3,17H2,1-2H3,(H,18,19). The number of nitrogens with one attached hydrogen (secondary N) is 1. The molecule has 0 fully saturated rings. The lowest BCUT2D eigenvalue weighted by atomic mass is 10.2. The number of hydrogen-bond acceptors (Lipinski definition) is 5.